The second kappa shape index (κ2) is 7.10. The van der Waals surface area contributed by atoms with E-state index < -0.39 is 21.5 Å². The zero-order valence-electron chi connectivity index (χ0n) is 10.8. The summed E-state index contributed by atoms with van der Waals surface area (Å²) in [5, 5.41) is 2.50. The molecule has 0 aromatic heterocycles. The maximum Gasteiger partial charge on any atom is 0.239 e. The van der Waals surface area contributed by atoms with Gasteiger partial charge in [-0.05, 0) is 24.6 Å². The number of methoxy groups -OCH3 is 1. The van der Waals surface area contributed by atoms with Crippen LogP contribution in [0.15, 0.2) is 24.3 Å². The maximum atomic E-state index is 11.6. The molecule has 0 atom stereocenters. The van der Waals surface area contributed by atoms with Crippen molar-refractivity contribution in [2.75, 3.05) is 36.3 Å². The van der Waals surface area contributed by atoms with Gasteiger partial charge in [0.15, 0.2) is 9.84 Å². The van der Waals surface area contributed by atoms with Crippen LogP contribution in [0.2, 0.25) is 0 Å². The second-order valence-electron chi connectivity index (χ2n) is 4.11. The van der Waals surface area contributed by atoms with Gasteiger partial charge in [-0.3, -0.25) is 4.79 Å². The van der Waals surface area contributed by atoms with Crippen LogP contribution in [0.25, 0.3) is 0 Å². The average molecular weight is 286 g/mol. The number of nitrogens with one attached hydrogen (secondary N) is 1. The number of nitrogen functional groups attached to an aromatic ring is 1. The van der Waals surface area contributed by atoms with Crippen LogP contribution in [-0.2, 0) is 19.4 Å². The topological polar surface area (TPSA) is 98.5 Å². The Labute approximate surface area is 112 Å². The van der Waals surface area contributed by atoms with E-state index >= 15 is 0 Å². The third-order valence-corrected chi connectivity index (χ3v) is 3.94. The van der Waals surface area contributed by atoms with Gasteiger partial charge in [-0.15, -0.1) is 0 Å². The molecule has 0 fully saturated rings. The number of hydrogen-bond donors (Lipinski definition) is 2. The van der Waals surface area contributed by atoms with Crippen LogP contribution in [0.1, 0.15) is 6.42 Å². The van der Waals surface area contributed by atoms with Gasteiger partial charge in [0, 0.05) is 25.1 Å². The van der Waals surface area contributed by atoms with Crippen LogP contribution >= 0.6 is 0 Å². The molecule has 0 saturated heterocycles. The van der Waals surface area contributed by atoms with Gasteiger partial charge in [0.2, 0.25) is 5.91 Å². The minimum Gasteiger partial charge on any atom is -0.399 e. The third-order valence-electron chi connectivity index (χ3n) is 2.33. The molecule has 19 heavy (non-hydrogen) atoms. The second-order valence-corrected chi connectivity index (χ2v) is 6.30. The lowest BCUT2D eigenvalue weighted by molar-refractivity contribution is -0.113. The van der Waals surface area contributed by atoms with E-state index in [1.54, 1.807) is 24.3 Å². The number of benzene rings is 1. The molecule has 6 nitrogen and oxygen atoms in total. The lowest BCUT2D eigenvalue weighted by Gasteiger charge is -2.07. The van der Waals surface area contributed by atoms with Crippen molar-refractivity contribution in [2.24, 2.45) is 0 Å². The number of ether oxygens (including phenoxy) is 1. The smallest absolute Gasteiger partial charge is 0.239 e. The Hall–Kier alpha value is -1.60. The fourth-order valence-corrected chi connectivity index (χ4v) is 2.68. The lowest BCUT2D eigenvalue weighted by atomic mass is 10.3. The van der Waals surface area contributed by atoms with Gasteiger partial charge < -0.3 is 15.8 Å². The molecule has 0 bridgehead atoms. The van der Waals surface area contributed by atoms with Gasteiger partial charge >= 0.3 is 0 Å². The number of sulfone groups is 1. The summed E-state index contributed by atoms with van der Waals surface area (Å²) in [5.41, 5.74) is 6.54. The summed E-state index contributed by atoms with van der Waals surface area (Å²) in [5.74, 6) is -1.17. The van der Waals surface area contributed by atoms with Crippen LogP contribution in [0, 0.1) is 0 Å². The van der Waals surface area contributed by atoms with Crippen molar-refractivity contribution in [2.45, 2.75) is 6.42 Å². The number of nitrogens with two attached hydrogens (primary N) is 1. The molecule has 0 radical (unpaired) electrons. The highest BCUT2D eigenvalue weighted by Gasteiger charge is 2.16. The molecule has 106 valence electrons. The van der Waals surface area contributed by atoms with E-state index in [1.165, 1.54) is 7.11 Å². The van der Waals surface area contributed by atoms with Gasteiger partial charge in [0.25, 0.3) is 0 Å². The fraction of sp³-hybridized carbons (Fsp3) is 0.417. The number of rotatable bonds is 7. The number of carbonyl (C=O) groups excluding carboxylic acids is 1. The van der Waals surface area contributed by atoms with Crippen molar-refractivity contribution in [1.82, 2.24) is 0 Å². The quantitative estimate of drug-likeness (QED) is 0.566. The fourth-order valence-electron chi connectivity index (χ4n) is 1.51. The van der Waals surface area contributed by atoms with Crippen LogP contribution in [0.3, 0.4) is 0 Å². The van der Waals surface area contributed by atoms with Crippen LogP contribution in [0.5, 0.6) is 0 Å². The Morgan fingerprint density at radius 1 is 1.42 bits per heavy atom. The summed E-state index contributed by atoms with van der Waals surface area (Å²) in [6.07, 6.45) is 0.379. The third kappa shape index (κ3) is 6.21. The summed E-state index contributed by atoms with van der Waals surface area (Å²) < 4.78 is 28.0. The molecule has 1 rings (SSSR count). The van der Waals surface area contributed by atoms with E-state index in [2.05, 4.69) is 5.32 Å². The van der Waals surface area contributed by atoms with E-state index in [-0.39, 0.29) is 5.75 Å². The largest absolute Gasteiger partial charge is 0.399 e. The van der Waals surface area contributed by atoms with Crippen molar-refractivity contribution >= 4 is 27.1 Å². The van der Waals surface area contributed by atoms with Crippen molar-refractivity contribution in [3.63, 3.8) is 0 Å². The number of amides is 1. The van der Waals surface area contributed by atoms with Crippen molar-refractivity contribution < 1.29 is 17.9 Å². The maximum absolute atomic E-state index is 11.6. The van der Waals surface area contributed by atoms with Crippen LogP contribution in [0.4, 0.5) is 11.4 Å². The summed E-state index contributed by atoms with van der Waals surface area (Å²) in [6.45, 7) is 0.357. The number of anilines is 2. The Kier molecular flexibility index (Phi) is 5.78. The molecule has 0 unspecified atom stereocenters. The highest BCUT2D eigenvalue weighted by Crippen LogP contribution is 2.11. The summed E-state index contributed by atoms with van der Waals surface area (Å²) in [7, 11) is -1.91. The average Bonchev–Trinajstić information content (AvgIpc) is 2.27. The molecule has 0 saturated carbocycles. The molecule has 1 aromatic rings. The zero-order chi connectivity index (χ0) is 14.3. The zero-order valence-corrected chi connectivity index (χ0v) is 11.6. The molecule has 0 heterocycles. The van der Waals surface area contributed by atoms with Crippen LogP contribution < -0.4 is 11.1 Å². The standard InChI is InChI=1S/C12H18N2O4S/c1-18-6-3-7-19(16,17)9-12(15)14-11-5-2-4-10(13)8-11/h2,4-5,8H,3,6-7,9,13H2,1H3,(H,14,15). The van der Waals surface area contributed by atoms with Crippen molar-refractivity contribution in [3.05, 3.63) is 24.3 Å². The Morgan fingerprint density at radius 3 is 2.79 bits per heavy atom. The predicted octanol–water partition coefficient (Wildman–Crippen LogP) is 0.659. The summed E-state index contributed by atoms with van der Waals surface area (Å²) >= 11 is 0. The first-order valence-electron chi connectivity index (χ1n) is 5.78. The van der Waals surface area contributed by atoms with E-state index in [0.717, 1.165) is 0 Å². The molecule has 1 amide bonds. The van der Waals surface area contributed by atoms with Crippen molar-refractivity contribution in [1.29, 1.82) is 0 Å². The van der Waals surface area contributed by atoms with Gasteiger partial charge in [-0.25, -0.2) is 8.42 Å². The van der Waals surface area contributed by atoms with E-state index in [1.807, 2.05) is 0 Å². The molecule has 3 N–H and O–H groups in total. The summed E-state index contributed by atoms with van der Waals surface area (Å²) in [6, 6.07) is 6.57. The summed E-state index contributed by atoms with van der Waals surface area (Å²) in [4.78, 5) is 11.6. The minimum absolute atomic E-state index is 0.0643. The SMILES string of the molecule is COCCCS(=O)(=O)CC(=O)Nc1cccc(N)c1. The van der Waals surface area contributed by atoms with Gasteiger partial charge in [-0.1, -0.05) is 6.07 Å². The molecule has 0 aliphatic carbocycles. The molecule has 0 aliphatic rings. The molecular weight excluding hydrogens is 268 g/mol. The first-order valence-corrected chi connectivity index (χ1v) is 7.60. The highest BCUT2D eigenvalue weighted by atomic mass is 32.2. The van der Waals surface area contributed by atoms with Crippen LogP contribution in [-0.4, -0.2) is 39.5 Å². The minimum atomic E-state index is -3.41. The molecular formula is C12H18N2O4S. The van der Waals surface area contributed by atoms with E-state index in [4.69, 9.17) is 10.5 Å². The van der Waals surface area contributed by atoms with Crippen molar-refractivity contribution in [3.8, 4) is 0 Å². The van der Waals surface area contributed by atoms with E-state index in [9.17, 15) is 13.2 Å². The normalized spacial score (nSPS) is 11.2. The first-order chi connectivity index (χ1) is 8.93. The molecule has 0 aliphatic heterocycles. The Bertz CT molecular complexity index is 528. The number of hydrogen-bond acceptors (Lipinski definition) is 5. The van der Waals surface area contributed by atoms with Gasteiger partial charge in [0.05, 0.1) is 5.75 Å². The van der Waals surface area contributed by atoms with E-state index in [0.29, 0.717) is 24.4 Å². The van der Waals surface area contributed by atoms with Gasteiger partial charge in [-0.2, -0.15) is 0 Å². The molecule has 7 heteroatoms. The predicted molar refractivity (Wildman–Crippen MR) is 74.6 cm³/mol. The molecule has 1 aromatic carbocycles. The lowest BCUT2D eigenvalue weighted by Crippen LogP contribution is -2.25. The van der Waals surface area contributed by atoms with Gasteiger partial charge in [0.1, 0.15) is 5.75 Å². The molecule has 0 spiro atoms. The Balaban J connectivity index is 2.51. The number of carbonyl (C=O) groups is 1. The Morgan fingerprint density at radius 2 is 2.16 bits per heavy atom. The highest BCUT2D eigenvalue weighted by molar-refractivity contribution is 7.92. The first kappa shape index (κ1) is 15.5. The monoisotopic (exact) mass is 286 g/mol.